The Morgan fingerprint density at radius 3 is 2.48 bits per heavy atom. The minimum Gasteiger partial charge on any atom is -0.450 e. The molecular formula is C14H20N2O4S. The highest BCUT2D eigenvalue weighted by molar-refractivity contribution is 7.89. The average Bonchev–Trinajstić information content (AvgIpc) is 2.49. The molecule has 1 fully saturated rings. The fraction of sp³-hybridized carbons (Fsp3) is 0.500. The molecule has 116 valence electrons. The molecule has 2 rings (SSSR count). The number of hydrogen-bond donors (Lipinski definition) is 1. The number of sulfonamides is 1. The van der Waals surface area contributed by atoms with Crippen molar-refractivity contribution in [3.63, 3.8) is 0 Å². The van der Waals surface area contributed by atoms with Gasteiger partial charge in [-0.3, -0.25) is 0 Å². The Labute approximate surface area is 125 Å². The maximum Gasteiger partial charge on any atom is 0.407 e. The van der Waals surface area contributed by atoms with E-state index >= 15 is 0 Å². The minimum absolute atomic E-state index is 0.0359. The summed E-state index contributed by atoms with van der Waals surface area (Å²) in [6.45, 7) is 2.87. The number of nitrogens with zero attached hydrogens (tertiary/aromatic N) is 1. The van der Waals surface area contributed by atoms with Crippen LogP contribution in [-0.2, 0) is 14.8 Å². The van der Waals surface area contributed by atoms with Gasteiger partial charge in [-0.2, -0.15) is 4.31 Å². The standard InChI is InChI=1S/C14H20N2O4S/c1-2-20-14(17)15-12-8-10-16(11-9-12)21(18,19)13-6-4-3-5-7-13/h3-7,12H,2,8-11H2,1H3,(H,15,17). The molecule has 0 saturated carbocycles. The van der Waals surface area contributed by atoms with Crippen molar-refractivity contribution >= 4 is 16.1 Å². The van der Waals surface area contributed by atoms with Gasteiger partial charge in [0.05, 0.1) is 11.5 Å². The van der Waals surface area contributed by atoms with Crippen molar-refractivity contribution in [1.29, 1.82) is 0 Å². The van der Waals surface area contributed by atoms with Crippen LogP contribution >= 0.6 is 0 Å². The summed E-state index contributed by atoms with van der Waals surface area (Å²) in [6.07, 6.45) is 0.734. The SMILES string of the molecule is CCOC(=O)NC1CCN(S(=O)(=O)c2ccccc2)CC1. The molecule has 0 atom stereocenters. The largest absolute Gasteiger partial charge is 0.450 e. The van der Waals surface area contributed by atoms with Crippen molar-refractivity contribution in [1.82, 2.24) is 9.62 Å². The van der Waals surface area contributed by atoms with Gasteiger partial charge in [0.15, 0.2) is 0 Å². The lowest BCUT2D eigenvalue weighted by molar-refractivity contribution is 0.143. The first-order valence-electron chi connectivity index (χ1n) is 7.02. The molecule has 0 radical (unpaired) electrons. The zero-order valence-corrected chi connectivity index (χ0v) is 12.8. The van der Waals surface area contributed by atoms with Gasteiger partial charge in [-0.05, 0) is 31.9 Å². The highest BCUT2D eigenvalue weighted by atomic mass is 32.2. The summed E-state index contributed by atoms with van der Waals surface area (Å²) >= 11 is 0. The molecule has 1 aliphatic heterocycles. The highest BCUT2D eigenvalue weighted by Gasteiger charge is 2.29. The molecule has 0 spiro atoms. The van der Waals surface area contributed by atoms with Crippen molar-refractivity contribution < 1.29 is 17.9 Å². The Morgan fingerprint density at radius 2 is 1.90 bits per heavy atom. The number of amides is 1. The van der Waals surface area contributed by atoms with Crippen molar-refractivity contribution in [3.05, 3.63) is 30.3 Å². The molecule has 7 heteroatoms. The fourth-order valence-electron chi connectivity index (χ4n) is 2.32. The summed E-state index contributed by atoms with van der Waals surface area (Å²) < 4.78 is 31.2. The van der Waals surface area contributed by atoms with Crippen LogP contribution in [0.15, 0.2) is 35.2 Å². The first-order chi connectivity index (χ1) is 10.0. The maximum absolute atomic E-state index is 12.4. The average molecular weight is 312 g/mol. The molecule has 1 heterocycles. The van der Waals surface area contributed by atoms with Crippen LogP contribution in [0.2, 0.25) is 0 Å². The lowest BCUT2D eigenvalue weighted by Gasteiger charge is -2.31. The van der Waals surface area contributed by atoms with Crippen molar-refractivity contribution in [2.24, 2.45) is 0 Å². The van der Waals surface area contributed by atoms with E-state index in [-0.39, 0.29) is 6.04 Å². The predicted molar refractivity (Wildman–Crippen MR) is 78.4 cm³/mol. The lowest BCUT2D eigenvalue weighted by atomic mass is 10.1. The van der Waals surface area contributed by atoms with Crippen molar-refractivity contribution in [2.75, 3.05) is 19.7 Å². The molecule has 0 aromatic heterocycles. The number of alkyl carbamates (subject to hydrolysis) is 1. The first-order valence-corrected chi connectivity index (χ1v) is 8.46. The van der Waals surface area contributed by atoms with Gasteiger partial charge in [0.1, 0.15) is 0 Å². The fourth-order valence-corrected chi connectivity index (χ4v) is 3.81. The molecule has 21 heavy (non-hydrogen) atoms. The van der Waals surface area contributed by atoms with Crippen LogP contribution in [-0.4, -0.2) is 44.6 Å². The topological polar surface area (TPSA) is 75.7 Å². The molecular weight excluding hydrogens is 292 g/mol. The molecule has 0 unspecified atom stereocenters. The number of piperidine rings is 1. The Balaban J connectivity index is 1.93. The van der Waals surface area contributed by atoms with Gasteiger partial charge in [0.25, 0.3) is 0 Å². The smallest absolute Gasteiger partial charge is 0.407 e. The van der Waals surface area contributed by atoms with E-state index in [0.29, 0.717) is 37.4 Å². The van der Waals surface area contributed by atoms with Gasteiger partial charge in [0.2, 0.25) is 10.0 Å². The summed E-state index contributed by atoms with van der Waals surface area (Å²) in [5.74, 6) is 0. The van der Waals surface area contributed by atoms with E-state index in [9.17, 15) is 13.2 Å². The van der Waals surface area contributed by atoms with Gasteiger partial charge in [-0.15, -0.1) is 0 Å². The molecule has 1 aromatic carbocycles. The minimum atomic E-state index is -3.43. The highest BCUT2D eigenvalue weighted by Crippen LogP contribution is 2.20. The van der Waals surface area contributed by atoms with E-state index in [1.165, 1.54) is 4.31 Å². The first kappa shape index (κ1) is 15.8. The van der Waals surface area contributed by atoms with Gasteiger partial charge in [0, 0.05) is 19.1 Å². The third-order valence-corrected chi connectivity index (χ3v) is 5.35. The van der Waals surface area contributed by atoms with Crippen LogP contribution in [0.25, 0.3) is 0 Å². The third-order valence-electron chi connectivity index (χ3n) is 3.43. The number of hydrogen-bond acceptors (Lipinski definition) is 4. The van der Waals surface area contributed by atoms with Gasteiger partial charge in [-0.1, -0.05) is 18.2 Å². The zero-order valence-electron chi connectivity index (χ0n) is 12.0. The second-order valence-electron chi connectivity index (χ2n) is 4.86. The van der Waals surface area contributed by atoms with Gasteiger partial charge in [-0.25, -0.2) is 13.2 Å². The number of benzene rings is 1. The van der Waals surface area contributed by atoms with E-state index < -0.39 is 16.1 Å². The number of ether oxygens (including phenoxy) is 1. The van der Waals surface area contributed by atoms with Crippen molar-refractivity contribution in [2.45, 2.75) is 30.7 Å². The molecule has 1 saturated heterocycles. The van der Waals surface area contributed by atoms with Crippen LogP contribution in [0.1, 0.15) is 19.8 Å². The predicted octanol–water partition coefficient (Wildman–Crippen LogP) is 1.59. The van der Waals surface area contributed by atoms with Crippen molar-refractivity contribution in [3.8, 4) is 0 Å². The summed E-state index contributed by atoms with van der Waals surface area (Å²) in [7, 11) is -3.43. The molecule has 1 aromatic rings. The Morgan fingerprint density at radius 1 is 1.29 bits per heavy atom. The van der Waals surface area contributed by atoms with E-state index in [4.69, 9.17) is 4.74 Å². The van der Waals surface area contributed by atoms with E-state index in [2.05, 4.69) is 5.32 Å². The van der Waals surface area contributed by atoms with Crippen LogP contribution < -0.4 is 5.32 Å². The lowest BCUT2D eigenvalue weighted by Crippen LogP contribution is -2.46. The molecule has 1 amide bonds. The monoisotopic (exact) mass is 312 g/mol. The van der Waals surface area contributed by atoms with Crippen LogP contribution in [0.5, 0.6) is 0 Å². The number of carbonyl (C=O) groups excluding carboxylic acids is 1. The molecule has 1 aliphatic rings. The Bertz CT molecular complexity index is 566. The zero-order chi connectivity index (χ0) is 15.3. The summed E-state index contributed by atoms with van der Waals surface area (Å²) in [6, 6.07) is 8.36. The third kappa shape index (κ3) is 3.95. The summed E-state index contributed by atoms with van der Waals surface area (Å²) in [4.78, 5) is 11.7. The molecule has 0 bridgehead atoms. The second-order valence-corrected chi connectivity index (χ2v) is 6.79. The number of nitrogens with one attached hydrogen (secondary N) is 1. The number of carbonyl (C=O) groups is 1. The normalized spacial score (nSPS) is 17.4. The van der Waals surface area contributed by atoms with Gasteiger partial charge >= 0.3 is 6.09 Å². The van der Waals surface area contributed by atoms with E-state index in [1.54, 1.807) is 37.3 Å². The maximum atomic E-state index is 12.4. The quantitative estimate of drug-likeness (QED) is 0.916. The molecule has 0 aliphatic carbocycles. The van der Waals surface area contributed by atoms with E-state index in [1.807, 2.05) is 0 Å². The van der Waals surface area contributed by atoms with Crippen LogP contribution in [0.3, 0.4) is 0 Å². The van der Waals surface area contributed by atoms with Gasteiger partial charge < -0.3 is 10.1 Å². The summed E-state index contributed by atoms with van der Waals surface area (Å²) in [5, 5.41) is 2.75. The Hall–Kier alpha value is -1.60. The second kappa shape index (κ2) is 6.91. The number of rotatable bonds is 4. The molecule has 1 N–H and O–H groups in total. The Kier molecular flexibility index (Phi) is 5.19. The van der Waals surface area contributed by atoms with Crippen LogP contribution in [0.4, 0.5) is 4.79 Å². The molecule has 6 nitrogen and oxygen atoms in total. The van der Waals surface area contributed by atoms with Crippen LogP contribution in [0, 0.1) is 0 Å². The summed E-state index contributed by atoms with van der Waals surface area (Å²) in [5.41, 5.74) is 0. The van der Waals surface area contributed by atoms with E-state index in [0.717, 1.165) is 0 Å².